The molecule has 0 amide bonds. The normalized spacial score (nSPS) is 12.6. The van der Waals surface area contributed by atoms with Crippen LogP contribution in [0.2, 0.25) is 0 Å². The lowest BCUT2D eigenvalue weighted by molar-refractivity contribution is 0.223. The fraction of sp³-hybridized carbons (Fsp3) is 0.278. The quantitative estimate of drug-likeness (QED) is 0.631. The van der Waals surface area contributed by atoms with Gasteiger partial charge in [-0.25, -0.2) is 8.78 Å². The van der Waals surface area contributed by atoms with Crippen molar-refractivity contribution >= 4 is 5.96 Å². The zero-order valence-corrected chi connectivity index (χ0v) is 13.7. The van der Waals surface area contributed by atoms with Crippen molar-refractivity contribution in [3.05, 3.63) is 65.7 Å². The number of nitrogens with zero attached hydrogens (tertiary/aromatic N) is 1. The van der Waals surface area contributed by atoms with Crippen LogP contribution in [-0.4, -0.2) is 25.7 Å². The first-order valence-corrected chi connectivity index (χ1v) is 7.68. The van der Waals surface area contributed by atoms with E-state index in [-0.39, 0.29) is 17.7 Å². The van der Waals surface area contributed by atoms with Crippen molar-refractivity contribution in [1.29, 1.82) is 0 Å². The van der Waals surface area contributed by atoms with E-state index in [1.54, 1.807) is 25.2 Å². The molecule has 2 aromatic rings. The van der Waals surface area contributed by atoms with Gasteiger partial charge in [0, 0.05) is 13.6 Å². The highest BCUT2D eigenvalue weighted by Crippen LogP contribution is 2.12. The van der Waals surface area contributed by atoms with Crippen molar-refractivity contribution in [2.75, 3.05) is 13.6 Å². The van der Waals surface area contributed by atoms with E-state index >= 15 is 0 Å². The largest absolute Gasteiger partial charge is 0.489 e. The number of ether oxygens (including phenoxy) is 1. The van der Waals surface area contributed by atoms with Crippen LogP contribution >= 0.6 is 0 Å². The van der Waals surface area contributed by atoms with E-state index in [2.05, 4.69) is 15.6 Å². The lowest BCUT2D eigenvalue weighted by atomic mass is 10.2. The molecule has 4 nitrogen and oxygen atoms in total. The first-order chi connectivity index (χ1) is 11.6. The molecular weight excluding hydrogens is 312 g/mol. The Morgan fingerprint density at radius 2 is 1.83 bits per heavy atom. The Labute approximate surface area is 140 Å². The van der Waals surface area contributed by atoms with Crippen molar-refractivity contribution < 1.29 is 13.5 Å². The molecule has 0 aliphatic heterocycles. The molecule has 0 saturated carbocycles. The summed E-state index contributed by atoms with van der Waals surface area (Å²) in [6, 6.07) is 12.3. The third-order valence-corrected chi connectivity index (χ3v) is 3.28. The van der Waals surface area contributed by atoms with Crippen LogP contribution in [0.3, 0.4) is 0 Å². The molecule has 0 aromatic heterocycles. The fourth-order valence-corrected chi connectivity index (χ4v) is 2.08. The minimum absolute atomic E-state index is 0.136. The molecule has 2 rings (SSSR count). The fourth-order valence-electron chi connectivity index (χ4n) is 2.08. The second kappa shape index (κ2) is 8.86. The third-order valence-electron chi connectivity index (χ3n) is 3.28. The molecule has 0 saturated heterocycles. The van der Waals surface area contributed by atoms with E-state index in [0.29, 0.717) is 24.8 Å². The van der Waals surface area contributed by atoms with E-state index in [9.17, 15) is 8.78 Å². The van der Waals surface area contributed by atoms with Crippen LogP contribution in [0, 0.1) is 11.6 Å². The summed E-state index contributed by atoms with van der Waals surface area (Å²) in [6.45, 7) is 2.88. The number of benzene rings is 2. The average molecular weight is 333 g/mol. The van der Waals surface area contributed by atoms with Crippen LogP contribution in [-0.2, 0) is 6.54 Å². The summed E-state index contributed by atoms with van der Waals surface area (Å²) < 4.78 is 31.7. The summed E-state index contributed by atoms with van der Waals surface area (Å²) in [5, 5.41) is 6.24. The Morgan fingerprint density at radius 1 is 1.08 bits per heavy atom. The van der Waals surface area contributed by atoms with E-state index in [1.165, 1.54) is 24.3 Å². The van der Waals surface area contributed by atoms with Gasteiger partial charge in [-0.15, -0.1) is 0 Å². The maximum absolute atomic E-state index is 13.1. The van der Waals surface area contributed by atoms with Crippen LogP contribution in [0.25, 0.3) is 0 Å². The van der Waals surface area contributed by atoms with Crippen molar-refractivity contribution in [3.8, 4) is 5.75 Å². The number of nitrogens with one attached hydrogen (secondary N) is 2. The molecule has 0 heterocycles. The summed E-state index contributed by atoms with van der Waals surface area (Å²) in [4.78, 5) is 4.11. The second-order valence-electron chi connectivity index (χ2n) is 5.32. The molecule has 1 unspecified atom stereocenters. The standard InChI is InChI=1S/C18H21F2N3O/c1-13(24-17-8-6-15(19)7-9-17)11-22-18(21-2)23-12-14-4-3-5-16(20)10-14/h3-10,13H,11-12H2,1-2H3,(H2,21,22,23). The topological polar surface area (TPSA) is 45.7 Å². The van der Waals surface area contributed by atoms with Gasteiger partial charge < -0.3 is 15.4 Å². The highest BCUT2D eigenvalue weighted by molar-refractivity contribution is 5.79. The van der Waals surface area contributed by atoms with Gasteiger partial charge >= 0.3 is 0 Å². The monoisotopic (exact) mass is 333 g/mol. The molecule has 2 aromatic carbocycles. The number of rotatable bonds is 6. The summed E-state index contributed by atoms with van der Waals surface area (Å²) >= 11 is 0. The Kier molecular flexibility index (Phi) is 6.54. The van der Waals surface area contributed by atoms with Crippen LogP contribution in [0.15, 0.2) is 53.5 Å². The van der Waals surface area contributed by atoms with Gasteiger partial charge in [0.25, 0.3) is 0 Å². The Hall–Kier alpha value is -2.63. The van der Waals surface area contributed by atoms with Gasteiger partial charge in [-0.3, -0.25) is 4.99 Å². The molecule has 0 aliphatic rings. The van der Waals surface area contributed by atoms with Gasteiger partial charge in [0.1, 0.15) is 23.5 Å². The summed E-state index contributed by atoms with van der Waals surface area (Å²) in [6.07, 6.45) is -0.136. The predicted octanol–water partition coefficient (Wildman–Crippen LogP) is 3.10. The molecule has 0 fully saturated rings. The molecule has 6 heteroatoms. The smallest absolute Gasteiger partial charge is 0.191 e. The van der Waals surface area contributed by atoms with Gasteiger partial charge in [0.05, 0.1) is 6.54 Å². The van der Waals surface area contributed by atoms with E-state index < -0.39 is 0 Å². The van der Waals surface area contributed by atoms with Crippen molar-refractivity contribution in [2.24, 2.45) is 4.99 Å². The van der Waals surface area contributed by atoms with Crippen molar-refractivity contribution in [1.82, 2.24) is 10.6 Å². The zero-order chi connectivity index (χ0) is 17.4. The number of aliphatic imine (C=N–C) groups is 1. The Bertz CT molecular complexity index is 674. The maximum atomic E-state index is 13.1. The van der Waals surface area contributed by atoms with Gasteiger partial charge in [0.2, 0.25) is 0 Å². The van der Waals surface area contributed by atoms with Gasteiger partial charge in [-0.1, -0.05) is 12.1 Å². The third kappa shape index (κ3) is 5.87. The van der Waals surface area contributed by atoms with Gasteiger partial charge in [-0.05, 0) is 48.9 Å². The molecule has 0 radical (unpaired) electrons. The Balaban J connectivity index is 1.77. The highest BCUT2D eigenvalue weighted by Gasteiger charge is 2.06. The van der Waals surface area contributed by atoms with Crippen LogP contribution in [0.5, 0.6) is 5.75 Å². The lowest BCUT2D eigenvalue weighted by Gasteiger charge is -2.17. The molecule has 1 atom stereocenters. The van der Waals surface area contributed by atoms with Crippen LogP contribution < -0.4 is 15.4 Å². The summed E-state index contributed by atoms with van der Waals surface area (Å²) in [5.74, 6) is 0.635. The van der Waals surface area contributed by atoms with E-state index in [0.717, 1.165) is 5.56 Å². The van der Waals surface area contributed by atoms with E-state index in [1.807, 2.05) is 13.0 Å². The summed E-state index contributed by atoms with van der Waals surface area (Å²) in [7, 11) is 1.66. The van der Waals surface area contributed by atoms with Crippen LogP contribution in [0.4, 0.5) is 8.78 Å². The van der Waals surface area contributed by atoms with Crippen molar-refractivity contribution in [2.45, 2.75) is 19.6 Å². The highest BCUT2D eigenvalue weighted by atomic mass is 19.1. The molecule has 128 valence electrons. The average Bonchev–Trinajstić information content (AvgIpc) is 2.57. The molecule has 24 heavy (non-hydrogen) atoms. The SMILES string of the molecule is CN=C(NCc1cccc(F)c1)NCC(C)Oc1ccc(F)cc1. The number of halogens is 2. The number of hydrogen-bond donors (Lipinski definition) is 2. The molecular formula is C18H21F2N3O. The minimum atomic E-state index is -0.296. The molecule has 0 aliphatic carbocycles. The predicted molar refractivity (Wildman–Crippen MR) is 91.1 cm³/mol. The molecule has 0 bridgehead atoms. The minimum Gasteiger partial charge on any atom is -0.489 e. The Morgan fingerprint density at radius 3 is 2.50 bits per heavy atom. The molecule has 0 spiro atoms. The zero-order valence-electron chi connectivity index (χ0n) is 13.7. The van der Waals surface area contributed by atoms with Crippen LogP contribution in [0.1, 0.15) is 12.5 Å². The lowest BCUT2D eigenvalue weighted by Crippen LogP contribution is -2.41. The summed E-state index contributed by atoms with van der Waals surface area (Å²) in [5.41, 5.74) is 0.827. The number of hydrogen-bond acceptors (Lipinski definition) is 2. The maximum Gasteiger partial charge on any atom is 0.191 e. The van der Waals surface area contributed by atoms with Crippen molar-refractivity contribution in [3.63, 3.8) is 0 Å². The second-order valence-corrected chi connectivity index (χ2v) is 5.32. The first kappa shape index (κ1) is 17.7. The first-order valence-electron chi connectivity index (χ1n) is 7.68. The molecule has 2 N–H and O–H groups in total. The number of guanidine groups is 1. The van der Waals surface area contributed by atoms with Gasteiger partial charge in [0.15, 0.2) is 5.96 Å². The van der Waals surface area contributed by atoms with E-state index in [4.69, 9.17) is 4.74 Å². The van der Waals surface area contributed by atoms with Gasteiger partial charge in [-0.2, -0.15) is 0 Å².